The van der Waals surface area contributed by atoms with Crippen LogP contribution in [0.3, 0.4) is 0 Å². The highest BCUT2D eigenvalue weighted by Crippen LogP contribution is 2.39. The van der Waals surface area contributed by atoms with Crippen molar-refractivity contribution in [2.75, 3.05) is 6.54 Å². The first-order valence-electron chi connectivity index (χ1n) is 10.4. The number of aryl methyl sites for hydroxylation is 1. The van der Waals surface area contributed by atoms with Crippen LogP contribution in [0.25, 0.3) is 10.8 Å². The number of ether oxygens (including phenoxy) is 1. The van der Waals surface area contributed by atoms with E-state index in [1.807, 2.05) is 66.7 Å². The van der Waals surface area contributed by atoms with Crippen molar-refractivity contribution in [2.24, 2.45) is 0 Å². The predicted molar refractivity (Wildman–Crippen MR) is 115 cm³/mol. The Kier molecular flexibility index (Phi) is 4.70. The Bertz CT molecular complexity index is 1200. The van der Waals surface area contributed by atoms with E-state index in [0.29, 0.717) is 6.42 Å². The molecule has 3 amide bonds. The van der Waals surface area contributed by atoms with Crippen LogP contribution in [-0.4, -0.2) is 29.4 Å². The van der Waals surface area contributed by atoms with Crippen molar-refractivity contribution in [2.45, 2.75) is 31.4 Å². The van der Waals surface area contributed by atoms with E-state index in [1.165, 1.54) is 0 Å². The smallest absolute Gasteiger partial charge is 0.326 e. The van der Waals surface area contributed by atoms with Gasteiger partial charge < -0.3 is 10.1 Å². The molecule has 1 fully saturated rings. The molecule has 1 N–H and O–H groups in total. The van der Waals surface area contributed by atoms with Crippen molar-refractivity contribution in [3.05, 3.63) is 83.4 Å². The standard InChI is InChI=1S/C25H22N2O4/c28-22(31-16-19-10-5-9-17-7-1-3-12-20(17)19)15-27-23(29)25(26-24(27)30)14-6-11-18-8-2-4-13-21(18)25/h1-5,7-10,12-13H,6,11,14-16H2,(H,26,30)/t25-/m0/s1. The largest absolute Gasteiger partial charge is 0.459 e. The molecule has 0 aromatic heterocycles. The van der Waals surface area contributed by atoms with Crippen LogP contribution < -0.4 is 5.32 Å². The first-order chi connectivity index (χ1) is 15.1. The number of hydrogen-bond acceptors (Lipinski definition) is 4. The van der Waals surface area contributed by atoms with Gasteiger partial charge >= 0.3 is 12.0 Å². The van der Waals surface area contributed by atoms with Gasteiger partial charge in [-0.2, -0.15) is 0 Å². The molecule has 156 valence electrons. The highest BCUT2D eigenvalue weighted by Gasteiger charge is 2.54. The van der Waals surface area contributed by atoms with Crippen LogP contribution in [0, 0.1) is 0 Å². The summed E-state index contributed by atoms with van der Waals surface area (Å²) in [5, 5.41) is 4.92. The van der Waals surface area contributed by atoms with Gasteiger partial charge in [-0.3, -0.25) is 14.5 Å². The third kappa shape index (κ3) is 3.24. The number of imide groups is 1. The summed E-state index contributed by atoms with van der Waals surface area (Å²) in [4.78, 5) is 39.4. The van der Waals surface area contributed by atoms with Gasteiger partial charge in [0.1, 0.15) is 18.7 Å². The summed E-state index contributed by atoms with van der Waals surface area (Å²) in [5.74, 6) is -0.996. The van der Waals surface area contributed by atoms with Crippen LogP contribution >= 0.6 is 0 Å². The zero-order valence-corrected chi connectivity index (χ0v) is 17.0. The third-order valence-corrected chi connectivity index (χ3v) is 6.21. The van der Waals surface area contributed by atoms with Gasteiger partial charge in [0.25, 0.3) is 5.91 Å². The number of esters is 1. The fraction of sp³-hybridized carbons (Fsp3) is 0.240. The zero-order valence-electron chi connectivity index (χ0n) is 17.0. The van der Waals surface area contributed by atoms with Crippen molar-refractivity contribution >= 4 is 28.7 Å². The summed E-state index contributed by atoms with van der Waals surface area (Å²) in [6.45, 7) is -0.322. The summed E-state index contributed by atoms with van der Waals surface area (Å²) < 4.78 is 5.43. The first-order valence-corrected chi connectivity index (χ1v) is 10.4. The molecule has 0 radical (unpaired) electrons. The Morgan fingerprint density at radius 1 is 1.00 bits per heavy atom. The molecule has 3 aromatic rings. The third-order valence-electron chi connectivity index (χ3n) is 6.21. The molecular weight excluding hydrogens is 392 g/mol. The van der Waals surface area contributed by atoms with Crippen LogP contribution in [0.4, 0.5) is 4.79 Å². The van der Waals surface area contributed by atoms with Crippen molar-refractivity contribution in [3.8, 4) is 0 Å². The fourth-order valence-electron chi connectivity index (χ4n) is 4.71. The maximum Gasteiger partial charge on any atom is 0.326 e. The molecule has 1 spiro atoms. The lowest BCUT2D eigenvalue weighted by Gasteiger charge is -2.33. The molecule has 31 heavy (non-hydrogen) atoms. The highest BCUT2D eigenvalue weighted by atomic mass is 16.5. The second kappa shape index (κ2) is 7.54. The molecule has 1 atom stereocenters. The summed E-state index contributed by atoms with van der Waals surface area (Å²) in [6, 6.07) is 20.8. The number of benzene rings is 3. The van der Waals surface area contributed by atoms with E-state index >= 15 is 0 Å². The first kappa shape index (κ1) is 19.3. The fourth-order valence-corrected chi connectivity index (χ4v) is 4.71. The Balaban J connectivity index is 1.31. The number of nitrogens with zero attached hydrogens (tertiary/aromatic N) is 1. The molecular formula is C25H22N2O4. The van der Waals surface area contributed by atoms with Gasteiger partial charge in [0.2, 0.25) is 0 Å². The summed E-state index contributed by atoms with van der Waals surface area (Å²) in [6.07, 6.45) is 2.19. The number of carbonyl (C=O) groups excluding carboxylic acids is 3. The normalized spacial score (nSPS) is 20.1. The van der Waals surface area contributed by atoms with Crippen LogP contribution in [0.5, 0.6) is 0 Å². The van der Waals surface area contributed by atoms with E-state index in [4.69, 9.17) is 4.74 Å². The summed E-state index contributed by atoms with van der Waals surface area (Å²) in [7, 11) is 0. The van der Waals surface area contributed by atoms with Gasteiger partial charge in [-0.05, 0) is 46.7 Å². The maximum absolute atomic E-state index is 13.3. The van der Waals surface area contributed by atoms with E-state index in [9.17, 15) is 14.4 Å². The van der Waals surface area contributed by atoms with Crippen molar-refractivity contribution in [3.63, 3.8) is 0 Å². The lowest BCUT2D eigenvalue weighted by atomic mass is 9.76. The van der Waals surface area contributed by atoms with Crippen molar-refractivity contribution in [1.29, 1.82) is 0 Å². The Morgan fingerprint density at radius 3 is 2.68 bits per heavy atom. The van der Waals surface area contributed by atoms with Gasteiger partial charge in [0, 0.05) is 0 Å². The second-order valence-corrected chi connectivity index (χ2v) is 8.04. The number of rotatable bonds is 4. The molecule has 1 aliphatic carbocycles. The molecule has 3 aromatic carbocycles. The number of nitrogens with one attached hydrogen (secondary N) is 1. The number of fused-ring (bicyclic) bond motifs is 3. The quantitative estimate of drug-likeness (QED) is 0.522. The van der Waals surface area contributed by atoms with E-state index in [0.717, 1.165) is 45.2 Å². The average molecular weight is 414 g/mol. The molecule has 2 aliphatic rings. The maximum atomic E-state index is 13.3. The van der Waals surface area contributed by atoms with Crippen molar-refractivity contribution < 1.29 is 19.1 Å². The molecule has 1 heterocycles. The van der Waals surface area contributed by atoms with Crippen LogP contribution in [0.2, 0.25) is 0 Å². The number of amides is 3. The van der Waals surface area contributed by atoms with Crippen LogP contribution in [-0.2, 0) is 32.9 Å². The molecule has 6 heteroatoms. The molecule has 0 bridgehead atoms. The summed E-state index contributed by atoms with van der Waals surface area (Å²) in [5.41, 5.74) is 1.68. The lowest BCUT2D eigenvalue weighted by molar-refractivity contribution is -0.149. The number of carbonyl (C=O) groups is 3. The zero-order chi connectivity index (χ0) is 21.4. The van der Waals surface area contributed by atoms with E-state index < -0.39 is 24.1 Å². The predicted octanol–water partition coefficient (Wildman–Crippen LogP) is 3.67. The minimum absolute atomic E-state index is 0.0812. The van der Waals surface area contributed by atoms with Gasteiger partial charge in [0.15, 0.2) is 0 Å². The molecule has 5 rings (SSSR count). The number of urea groups is 1. The van der Waals surface area contributed by atoms with Crippen LogP contribution in [0.1, 0.15) is 29.5 Å². The molecule has 1 saturated heterocycles. The summed E-state index contributed by atoms with van der Waals surface area (Å²) >= 11 is 0. The topological polar surface area (TPSA) is 75.7 Å². The van der Waals surface area contributed by atoms with Gasteiger partial charge in [-0.1, -0.05) is 66.7 Å². The average Bonchev–Trinajstić information content (AvgIpc) is 3.02. The lowest BCUT2D eigenvalue weighted by Crippen LogP contribution is -2.46. The number of hydrogen-bond donors (Lipinski definition) is 1. The molecule has 6 nitrogen and oxygen atoms in total. The van der Waals surface area contributed by atoms with Gasteiger partial charge in [-0.15, -0.1) is 0 Å². The minimum atomic E-state index is -1.08. The molecule has 0 unspecified atom stereocenters. The highest BCUT2D eigenvalue weighted by molar-refractivity contribution is 6.09. The van der Waals surface area contributed by atoms with E-state index in [2.05, 4.69) is 5.32 Å². The van der Waals surface area contributed by atoms with Crippen LogP contribution in [0.15, 0.2) is 66.7 Å². The van der Waals surface area contributed by atoms with E-state index in [-0.39, 0.29) is 12.5 Å². The Hall–Kier alpha value is -3.67. The second-order valence-electron chi connectivity index (χ2n) is 8.04. The van der Waals surface area contributed by atoms with E-state index in [1.54, 1.807) is 0 Å². The minimum Gasteiger partial charge on any atom is -0.459 e. The Morgan fingerprint density at radius 2 is 1.77 bits per heavy atom. The SMILES string of the molecule is O=C(CN1C(=O)N[C@]2(CCCc3ccccc32)C1=O)OCc1cccc2ccccc12. The monoisotopic (exact) mass is 414 g/mol. The van der Waals surface area contributed by atoms with Gasteiger partial charge in [0.05, 0.1) is 0 Å². The molecule has 1 aliphatic heterocycles. The Labute approximate surface area is 179 Å². The van der Waals surface area contributed by atoms with Crippen molar-refractivity contribution in [1.82, 2.24) is 10.2 Å². The molecule has 0 saturated carbocycles. The van der Waals surface area contributed by atoms with Gasteiger partial charge in [-0.25, -0.2) is 4.79 Å².